The van der Waals surface area contributed by atoms with Crippen molar-refractivity contribution in [2.24, 2.45) is 0 Å². The Morgan fingerprint density at radius 2 is 2.00 bits per heavy atom. The van der Waals surface area contributed by atoms with Gasteiger partial charge in [0.1, 0.15) is 5.82 Å². The maximum absolute atomic E-state index is 13.8. The van der Waals surface area contributed by atoms with E-state index >= 15 is 0 Å². The minimum Gasteiger partial charge on any atom is -0.425 e. The number of amides is 1. The predicted octanol–water partition coefficient (Wildman–Crippen LogP) is 2.86. The predicted molar refractivity (Wildman–Crippen MR) is 97.6 cm³/mol. The molecule has 1 aliphatic heterocycles. The van der Waals surface area contributed by atoms with Gasteiger partial charge in [-0.3, -0.25) is 4.79 Å². The molecule has 7 heteroatoms. The van der Waals surface area contributed by atoms with Crippen molar-refractivity contribution < 1.29 is 18.7 Å². The number of benzene rings is 1. The summed E-state index contributed by atoms with van der Waals surface area (Å²) in [6, 6.07) is 6.50. The Labute approximate surface area is 158 Å². The fraction of sp³-hybridized carbons (Fsp3) is 0.550. The summed E-state index contributed by atoms with van der Waals surface area (Å²) in [5.74, 6) is 0.918. The summed E-state index contributed by atoms with van der Waals surface area (Å²) in [6.07, 6.45) is 1.85. The molecule has 0 aliphatic carbocycles. The average Bonchev–Trinajstić information content (AvgIpc) is 3.12. The molecule has 146 valence electrons. The van der Waals surface area contributed by atoms with Crippen molar-refractivity contribution in [3.8, 4) is 0 Å². The molecule has 6 nitrogen and oxygen atoms in total. The van der Waals surface area contributed by atoms with Crippen molar-refractivity contribution >= 4 is 5.91 Å². The summed E-state index contributed by atoms with van der Waals surface area (Å²) < 4.78 is 19.4. The number of likely N-dealkylation sites (tertiary alicyclic amines) is 1. The summed E-state index contributed by atoms with van der Waals surface area (Å²) in [6.45, 7) is 4.87. The fourth-order valence-electron chi connectivity index (χ4n) is 3.32. The van der Waals surface area contributed by atoms with Gasteiger partial charge in [-0.25, -0.2) is 4.39 Å². The molecule has 0 unspecified atom stereocenters. The van der Waals surface area contributed by atoms with Gasteiger partial charge in [-0.15, -0.1) is 10.2 Å². The van der Waals surface area contributed by atoms with Gasteiger partial charge in [0.15, 0.2) is 0 Å². The van der Waals surface area contributed by atoms with Crippen LogP contribution in [0.1, 0.15) is 56.4 Å². The van der Waals surface area contributed by atoms with Gasteiger partial charge in [0.25, 0.3) is 0 Å². The molecule has 0 bridgehead atoms. The van der Waals surface area contributed by atoms with E-state index in [0.717, 1.165) is 0 Å². The van der Waals surface area contributed by atoms with Crippen LogP contribution in [0.25, 0.3) is 0 Å². The molecule has 1 aromatic heterocycles. The molecule has 3 rings (SSSR count). The van der Waals surface area contributed by atoms with Crippen LogP contribution in [0, 0.1) is 5.82 Å². The minimum atomic E-state index is -0.975. The third-order valence-electron chi connectivity index (χ3n) is 5.05. The lowest BCUT2D eigenvalue weighted by Crippen LogP contribution is -2.47. The standard InChI is InChI=1S/C20H26FN3O3/c1-14(2)19-23-22-17(27-19)7-8-18(25)24-11-9-20(26,10-12-24)13-15-5-3-4-6-16(15)21/h3-6,14,26H,7-13H2,1-2H3. The number of aryl methyl sites for hydroxylation is 1. The van der Waals surface area contributed by atoms with E-state index in [0.29, 0.717) is 56.1 Å². The van der Waals surface area contributed by atoms with Gasteiger partial charge < -0.3 is 14.4 Å². The van der Waals surface area contributed by atoms with Crippen molar-refractivity contribution in [1.29, 1.82) is 0 Å². The van der Waals surface area contributed by atoms with E-state index in [1.165, 1.54) is 6.07 Å². The molecule has 1 fully saturated rings. The van der Waals surface area contributed by atoms with Crippen LogP contribution < -0.4 is 0 Å². The summed E-state index contributed by atoms with van der Waals surface area (Å²) in [7, 11) is 0. The van der Waals surface area contributed by atoms with Crippen molar-refractivity contribution in [3.63, 3.8) is 0 Å². The highest BCUT2D eigenvalue weighted by atomic mass is 19.1. The second-order valence-electron chi connectivity index (χ2n) is 7.56. The highest BCUT2D eigenvalue weighted by Gasteiger charge is 2.34. The van der Waals surface area contributed by atoms with Crippen molar-refractivity contribution in [1.82, 2.24) is 15.1 Å². The molecule has 1 saturated heterocycles. The number of rotatable bonds is 6. The Morgan fingerprint density at radius 3 is 2.63 bits per heavy atom. The first kappa shape index (κ1) is 19.5. The lowest BCUT2D eigenvalue weighted by atomic mass is 9.85. The molecule has 1 aliphatic rings. The van der Waals surface area contributed by atoms with Crippen LogP contribution in [0.3, 0.4) is 0 Å². The first-order valence-electron chi connectivity index (χ1n) is 9.42. The van der Waals surface area contributed by atoms with E-state index < -0.39 is 5.60 Å². The van der Waals surface area contributed by atoms with Crippen molar-refractivity contribution in [2.45, 2.75) is 57.5 Å². The second kappa shape index (κ2) is 8.17. The Balaban J connectivity index is 1.49. The molecule has 0 spiro atoms. The zero-order chi connectivity index (χ0) is 19.4. The van der Waals surface area contributed by atoms with E-state index in [2.05, 4.69) is 10.2 Å². The molecule has 1 aromatic carbocycles. The molecular weight excluding hydrogens is 349 g/mol. The summed E-state index contributed by atoms with van der Waals surface area (Å²) >= 11 is 0. The van der Waals surface area contributed by atoms with Crippen molar-refractivity contribution in [3.05, 3.63) is 47.4 Å². The van der Waals surface area contributed by atoms with Crippen LogP contribution in [-0.2, 0) is 17.6 Å². The minimum absolute atomic E-state index is 0.00670. The van der Waals surface area contributed by atoms with E-state index in [4.69, 9.17) is 4.42 Å². The second-order valence-corrected chi connectivity index (χ2v) is 7.56. The van der Waals surface area contributed by atoms with Crippen LogP contribution in [-0.4, -0.2) is 44.8 Å². The molecule has 27 heavy (non-hydrogen) atoms. The van der Waals surface area contributed by atoms with Gasteiger partial charge in [-0.2, -0.15) is 0 Å². The Hall–Kier alpha value is -2.28. The summed E-state index contributed by atoms with van der Waals surface area (Å²) in [5.41, 5.74) is -0.463. The summed E-state index contributed by atoms with van der Waals surface area (Å²) in [4.78, 5) is 14.2. The number of aromatic nitrogens is 2. The molecular formula is C20H26FN3O3. The highest BCUT2D eigenvalue weighted by molar-refractivity contribution is 5.76. The first-order valence-corrected chi connectivity index (χ1v) is 9.42. The number of carbonyl (C=O) groups excluding carboxylic acids is 1. The first-order chi connectivity index (χ1) is 12.9. The highest BCUT2D eigenvalue weighted by Crippen LogP contribution is 2.27. The van der Waals surface area contributed by atoms with Crippen LogP contribution in [0.5, 0.6) is 0 Å². The normalized spacial score (nSPS) is 16.7. The van der Waals surface area contributed by atoms with Gasteiger partial charge in [0, 0.05) is 38.3 Å². The van der Waals surface area contributed by atoms with Gasteiger partial charge in [0.2, 0.25) is 17.7 Å². The van der Waals surface area contributed by atoms with E-state index in [-0.39, 0.29) is 24.1 Å². The van der Waals surface area contributed by atoms with Gasteiger partial charge in [-0.1, -0.05) is 32.0 Å². The number of hydrogen-bond donors (Lipinski definition) is 1. The zero-order valence-corrected chi connectivity index (χ0v) is 15.8. The Bertz CT molecular complexity index is 782. The van der Waals surface area contributed by atoms with Crippen LogP contribution >= 0.6 is 0 Å². The monoisotopic (exact) mass is 375 g/mol. The van der Waals surface area contributed by atoms with Gasteiger partial charge in [-0.05, 0) is 24.5 Å². The number of piperidine rings is 1. The zero-order valence-electron chi connectivity index (χ0n) is 15.8. The molecule has 0 atom stereocenters. The number of hydrogen-bond acceptors (Lipinski definition) is 5. The molecule has 0 radical (unpaired) electrons. The average molecular weight is 375 g/mol. The third kappa shape index (κ3) is 4.91. The molecule has 0 saturated carbocycles. The number of nitrogens with zero attached hydrogens (tertiary/aromatic N) is 3. The Morgan fingerprint density at radius 1 is 1.30 bits per heavy atom. The van der Waals surface area contributed by atoms with Crippen LogP contribution in [0.15, 0.2) is 28.7 Å². The van der Waals surface area contributed by atoms with Crippen LogP contribution in [0.2, 0.25) is 0 Å². The fourth-order valence-corrected chi connectivity index (χ4v) is 3.32. The summed E-state index contributed by atoms with van der Waals surface area (Å²) in [5, 5.41) is 18.7. The maximum atomic E-state index is 13.8. The quantitative estimate of drug-likeness (QED) is 0.840. The maximum Gasteiger partial charge on any atom is 0.223 e. The topological polar surface area (TPSA) is 79.5 Å². The SMILES string of the molecule is CC(C)c1nnc(CCC(=O)N2CCC(O)(Cc3ccccc3F)CC2)o1. The number of halogens is 1. The number of aliphatic hydroxyl groups is 1. The number of carbonyl (C=O) groups is 1. The molecule has 1 N–H and O–H groups in total. The largest absolute Gasteiger partial charge is 0.425 e. The molecule has 2 aromatic rings. The molecule has 1 amide bonds. The lowest BCUT2D eigenvalue weighted by Gasteiger charge is -2.38. The lowest BCUT2D eigenvalue weighted by molar-refractivity contribution is -0.135. The third-order valence-corrected chi connectivity index (χ3v) is 5.05. The van der Waals surface area contributed by atoms with E-state index in [9.17, 15) is 14.3 Å². The van der Waals surface area contributed by atoms with E-state index in [1.807, 2.05) is 13.8 Å². The van der Waals surface area contributed by atoms with E-state index in [1.54, 1.807) is 23.1 Å². The smallest absolute Gasteiger partial charge is 0.223 e. The van der Waals surface area contributed by atoms with Gasteiger partial charge >= 0.3 is 0 Å². The van der Waals surface area contributed by atoms with Crippen LogP contribution in [0.4, 0.5) is 4.39 Å². The van der Waals surface area contributed by atoms with Crippen molar-refractivity contribution in [2.75, 3.05) is 13.1 Å². The molecule has 2 heterocycles. The van der Waals surface area contributed by atoms with Gasteiger partial charge in [0.05, 0.1) is 5.60 Å². The Kier molecular flexibility index (Phi) is 5.89.